The fourth-order valence-electron chi connectivity index (χ4n) is 4.02. The molecule has 0 spiro atoms. The van der Waals surface area contributed by atoms with Gasteiger partial charge in [0.25, 0.3) is 0 Å². The molecule has 0 aliphatic rings. The highest BCUT2D eigenvalue weighted by molar-refractivity contribution is 6.91. The summed E-state index contributed by atoms with van der Waals surface area (Å²) < 4.78 is 46.1. The lowest BCUT2D eigenvalue weighted by molar-refractivity contribution is -0.139. The minimum atomic E-state index is -3.25. The molecule has 0 aliphatic carbocycles. The second kappa shape index (κ2) is 17.6. The molecule has 8 nitrogen and oxygen atoms in total. The Labute approximate surface area is 273 Å². The number of esters is 1. The predicted octanol–water partition coefficient (Wildman–Crippen LogP) is 8.65. The molecule has 0 atom stereocenters. The number of ether oxygens (including phenoxy) is 1. The molecule has 0 bridgehead atoms. The van der Waals surface area contributed by atoms with Crippen LogP contribution in [0.15, 0.2) is 12.2 Å². The van der Waals surface area contributed by atoms with Crippen LogP contribution in [0.4, 0.5) is 0 Å². The number of hydrogen-bond donors (Lipinski definition) is 0. The average Bonchev–Trinajstić information content (AvgIpc) is 2.71. The van der Waals surface area contributed by atoms with Gasteiger partial charge in [0.1, 0.15) is 0 Å². The van der Waals surface area contributed by atoms with Crippen LogP contribution in [0.25, 0.3) is 0 Å². The topological polar surface area (TPSA) is 81.7 Å². The zero-order chi connectivity index (χ0) is 34.0. The number of rotatable bonds is 23. The van der Waals surface area contributed by atoms with E-state index in [9.17, 15) is 4.79 Å². The quantitative estimate of drug-likeness (QED) is 0.0448. The average molecular weight is 729 g/mol. The van der Waals surface area contributed by atoms with Gasteiger partial charge < -0.3 is 30.4 Å². The van der Waals surface area contributed by atoms with Crippen molar-refractivity contribution in [3.8, 4) is 0 Å². The van der Waals surface area contributed by atoms with Gasteiger partial charge in [-0.05, 0) is 130 Å². The summed E-state index contributed by atoms with van der Waals surface area (Å²) in [6.07, 6.45) is 0.604. The first-order valence-corrected chi connectivity index (χ1v) is 37.4. The SMILES string of the molecule is C=C(C)C(=O)OCCC[Si](O[Si](C)(C)CCO[Si](C)(C)C)(O[Si](C)(C)CCO[Si](C)(C)C)O[Si](C)(C)CCO[Si](C)(C)C. The summed E-state index contributed by atoms with van der Waals surface area (Å²) in [5.41, 5.74) is 0.398. The van der Waals surface area contributed by atoms with Crippen LogP contribution in [0.3, 0.4) is 0 Å². The molecule has 0 radical (unpaired) electrons. The fraction of sp³-hybridized carbons (Fsp3) is 0.893. The van der Waals surface area contributed by atoms with E-state index < -0.39 is 58.7 Å². The highest BCUT2D eigenvalue weighted by Crippen LogP contribution is 2.34. The Hall–Kier alpha value is 0.488. The van der Waals surface area contributed by atoms with Crippen molar-refractivity contribution >= 4 is 64.7 Å². The van der Waals surface area contributed by atoms with Gasteiger partial charge in [-0.25, -0.2) is 4.79 Å². The van der Waals surface area contributed by atoms with Crippen LogP contribution in [0.2, 0.25) is 122 Å². The second-order valence-corrected chi connectivity index (χ2v) is 46.3. The molecule has 0 saturated carbocycles. The van der Waals surface area contributed by atoms with Crippen molar-refractivity contribution in [3.63, 3.8) is 0 Å². The van der Waals surface area contributed by atoms with E-state index in [2.05, 4.69) is 105 Å². The minimum Gasteiger partial charge on any atom is -0.462 e. The van der Waals surface area contributed by atoms with Crippen LogP contribution >= 0.6 is 0 Å². The van der Waals surface area contributed by atoms with E-state index in [-0.39, 0.29) is 12.6 Å². The third-order valence-corrected chi connectivity index (χ3v) is 25.0. The smallest absolute Gasteiger partial charge is 0.462 e. The van der Waals surface area contributed by atoms with Gasteiger partial charge in [0.2, 0.25) is 0 Å². The Morgan fingerprint density at radius 3 is 1.07 bits per heavy atom. The van der Waals surface area contributed by atoms with E-state index >= 15 is 0 Å². The van der Waals surface area contributed by atoms with Crippen LogP contribution in [0, 0.1) is 0 Å². The zero-order valence-corrected chi connectivity index (χ0v) is 37.8. The Balaban J connectivity index is 6.35. The monoisotopic (exact) mass is 728 g/mol. The van der Waals surface area contributed by atoms with E-state index in [1.54, 1.807) is 6.92 Å². The first kappa shape index (κ1) is 43.5. The van der Waals surface area contributed by atoms with Gasteiger partial charge in [0.15, 0.2) is 49.9 Å². The fourth-order valence-corrected chi connectivity index (χ4v) is 23.3. The molecule has 0 aromatic rings. The Kier molecular flexibility index (Phi) is 17.8. The lowest BCUT2D eigenvalue weighted by atomic mass is 10.4. The molecule has 0 saturated heterocycles. The van der Waals surface area contributed by atoms with E-state index in [4.69, 9.17) is 30.4 Å². The van der Waals surface area contributed by atoms with Crippen molar-refractivity contribution < 1.29 is 35.2 Å². The molecule has 0 amide bonds. The lowest BCUT2D eigenvalue weighted by Gasteiger charge is -2.45. The molecule has 0 rings (SSSR count). The summed E-state index contributed by atoms with van der Waals surface area (Å²) in [7, 11) is -15.0. The Bertz CT molecular complexity index is 779. The van der Waals surface area contributed by atoms with E-state index in [0.717, 1.165) is 18.1 Å². The second-order valence-electron chi connectivity index (χ2n) is 16.4. The third kappa shape index (κ3) is 23.5. The minimum absolute atomic E-state index is 0.276. The van der Waals surface area contributed by atoms with E-state index in [1.165, 1.54) is 0 Å². The summed E-state index contributed by atoms with van der Waals surface area (Å²) in [5, 5.41) is 0. The Morgan fingerprint density at radius 1 is 0.512 bits per heavy atom. The molecule has 256 valence electrons. The molecule has 0 N–H and O–H groups in total. The predicted molar refractivity (Wildman–Crippen MR) is 199 cm³/mol. The van der Waals surface area contributed by atoms with Gasteiger partial charge in [-0.2, -0.15) is 0 Å². The van der Waals surface area contributed by atoms with Crippen molar-refractivity contribution in [2.24, 2.45) is 0 Å². The van der Waals surface area contributed by atoms with Crippen molar-refractivity contribution in [1.29, 1.82) is 0 Å². The van der Waals surface area contributed by atoms with Gasteiger partial charge in [-0.15, -0.1) is 0 Å². The van der Waals surface area contributed by atoms with Crippen LogP contribution in [0.5, 0.6) is 0 Å². The summed E-state index contributed by atoms with van der Waals surface area (Å²) >= 11 is 0. The summed E-state index contributed by atoms with van der Waals surface area (Å²) in [6, 6.07) is 3.19. The van der Waals surface area contributed by atoms with Crippen LogP contribution < -0.4 is 0 Å². The molecule has 43 heavy (non-hydrogen) atoms. The first-order valence-electron chi connectivity index (χ1n) is 15.9. The first-order chi connectivity index (χ1) is 19.1. The van der Waals surface area contributed by atoms with Crippen LogP contribution in [-0.4, -0.2) is 91.1 Å². The molecule has 15 heteroatoms. The highest BCUT2D eigenvalue weighted by Gasteiger charge is 2.52. The molecule has 0 fully saturated rings. The Morgan fingerprint density at radius 2 is 0.814 bits per heavy atom. The maximum Gasteiger partial charge on any atom is 0.469 e. The molecule has 0 aromatic carbocycles. The largest absolute Gasteiger partial charge is 0.469 e. The maximum absolute atomic E-state index is 12.1. The van der Waals surface area contributed by atoms with Gasteiger partial charge in [0.05, 0.1) is 6.61 Å². The molecule has 0 heterocycles. The number of carbonyl (C=O) groups is 1. The van der Waals surface area contributed by atoms with Gasteiger partial charge in [-0.1, -0.05) is 6.58 Å². The lowest BCUT2D eigenvalue weighted by Crippen LogP contribution is -2.62. The van der Waals surface area contributed by atoms with Crippen LogP contribution in [-0.2, 0) is 35.2 Å². The molecule has 0 unspecified atom stereocenters. The normalized spacial score (nSPS) is 14.2. The van der Waals surface area contributed by atoms with Crippen LogP contribution in [0.1, 0.15) is 13.3 Å². The van der Waals surface area contributed by atoms with Crippen molar-refractivity contribution in [2.45, 2.75) is 136 Å². The van der Waals surface area contributed by atoms with Gasteiger partial charge >= 0.3 is 14.8 Å². The van der Waals surface area contributed by atoms with E-state index in [1.807, 2.05) is 0 Å². The molecular weight excluding hydrogens is 661 g/mol. The maximum atomic E-state index is 12.1. The highest BCUT2D eigenvalue weighted by atomic mass is 28.5. The van der Waals surface area contributed by atoms with E-state index in [0.29, 0.717) is 37.9 Å². The molecular formula is C28H68O8Si7. The van der Waals surface area contributed by atoms with Gasteiger partial charge in [-0.3, -0.25) is 0 Å². The summed E-state index contributed by atoms with van der Waals surface area (Å²) in [4.78, 5) is 12.1. The molecule has 0 aromatic heterocycles. The summed E-state index contributed by atoms with van der Waals surface area (Å²) in [5.74, 6) is -0.371. The van der Waals surface area contributed by atoms with Crippen molar-refractivity contribution in [1.82, 2.24) is 0 Å². The molecule has 0 aliphatic heterocycles. The number of hydrogen-bond acceptors (Lipinski definition) is 8. The third-order valence-electron chi connectivity index (χ3n) is 6.22. The zero-order valence-electron chi connectivity index (χ0n) is 30.8. The van der Waals surface area contributed by atoms with Crippen molar-refractivity contribution in [3.05, 3.63) is 12.2 Å². The van der Waals surface area contributed by atoms with Crippen molar-refractivity contribution in [2.75, 3.05) is 26.4 Å². The summed E-state index contributed by atoms with van der Waals surface area (Å²) in [6.45, 7) is 41.2. The standard InChI is InChI=1S/C28H68O8Si7/c1-27(2)28(29)30-19-18-23-43(34-40(12,13)24-20-31-37(3,4)5,35-41(14,15)25-21-32-38(6,7)8)36-42(16,17)26-22-33-39(9,10)11/h1,18-26H2,2-17H3. The van der Waals surface area contributed by atoms with Gasteiger partial charge in [0, 0.05) is 31.4 Å². The number of carbonyl (C=O) groups excluding carboxylic acids is 1.